The fraction of sp³-hybridized carbons (Fsp3) is 0.0417. The minimum absolute atomic E-state index is 0.279. The summed E-state index contributed by atoms with van der Waals surface area (Å²) in [7, 11) is 1.47. The van der Waals surface area contributed by atoms with Gasteiger partial charge in [-0.05, 0) is 59.7 Å². The summed E-state index contributed by atoms with van der Waals surface area (Å²) < 4.78 is 11.5. The Morgan fingerprint density at radius 3 is 2.39 bits per heavy atom. The van der Waals surface area contributed by atoms with Crippen LogP contribution in [0.5, 0.6) is 11.5 Å². The molecule has 0 saturated carbocycles. The van der Waals surface area contributed by atoms with Crippen LogP contribution in [-0.2, 0) is 4.79 Å². The normalized spacial score (nSPS) is 10.9. The van der Waals surface area contributed by atoms with Crippen molar-refractivity contribution in [2.75, 3.05) is 7.11 Å². The first-order valence-corrected chi connectivity index (χ1v) is 10.1. The van der Waals surface area contributed by atoms with Crippen LogP contribution in [0.2, 0.25) is 0 Å². The zero-order chi connectivity index (χ0) is 22.1. The second kappa shape index (κ2) is 10.9. The molecule has 7 heteroatoms. The van der Waals surface area contributed by atoms with E-state index in [0.29, 0.717) is 16.9 Å². The predicted molar refractivity (Wildman–Crippen MR) is 123 cm³/mol. The maximum Gasteiger partial charge on any atom is 0.336 e. The molecule has 0 radical (unpaired) electrons. The van der Waals surface area contributed by atoms with E-state index in [9.17, 15) is 9.59 Å². The summed E-state index contributed by atoms with van der Waals surface area (Å²) in [6, 6.07) is 21.3. The van der Waals surface area contributed by atoms with Crippen molar-refractivity contribution in [2.24, 2.45) is 5.10 Å². The molecule has 1 N–H and O–H groups in total. The van der Waals surface area contributed by atoms with Crippen LogP contribution in [0.3, 0.4) is 0 Å². The van der Waals surface area contributed by atoms with Gasteiger partial charge in [0.05, 0.1) is 13.3 Å². The second-order valence-electron chi connectivity index (χ2n) is 6.28. The largest absolute Gasteiger partial charge is 0.493 e. The van der Waals surface area contributed by atoms with Gasteiger partial charge in [0.15, 0.2) is 11.5 Å². The third-order valence-electron chi connectivity index (χ3n) is 4.10. The molecular weight excluding hydrogens is 460 g/mol. The maximum absolute atomic E-state index is 12.1. The Kier molecular flexibility index (Phi) is 7.73. The third-order valence-corrected chi connectivity index (χ3v) is 4.62. The van der Waals surface area contributed by atoms with Crippen LogP contribution in [0.25, 0.3) is 6.08 Å². The van der Waals surface area contributed by atoms with Crippen LogP contribution in [-0.4, -0.2) is 25.2 Å². The fourth-order valence-electron chi connectivity index (χ4n) is 2.55. The van der Waals surface area contributed by atoms with Crippen LogP contribution in [0.15, 0.2) is 88.4 Å². The number of hydrogen-bond acceptors (Lipinski definition) is 5. The van der Waals surface area contributed by atoms with Gasteiger partial charge in [-0.2, -0.15) is 5.10 Å². The maximum atomic E-state index is 12.1. The van der Waals surface area contributed by atoms with E-state index < -0.39 is 5.97 Å². The number of methoxy groups -OCH3 is 1. The monoisotopic (exact) mass is 478 g/mol. The molecule has 0 aliphatic heterocycles. The summed E-state index contributed by atoms with van der Waals surface area (Å²) in [5.41, 5.74) is 4.50. The number of halogens is 1. The van der Waals surface area contributed by atoms with E-state index in [2.05, 4.69) is 26.5 Å². The first-order chi connectivity index (χ1) is 15.0. The molecule has 0 heterocycles. The highest BCUT2D eigenvalue weighted by atomic mass is 79.9. The average molecular weight is 479 g/mol. The van der Waals surface area contributed by atoms with Crippen LogP contribution in [0.4, 0.5) is 0 Å². The minimum atomic E-state index is -0.523. The smallest absolute Gasteiger partial charge is 0.336 e. The number of amides is 1. The number of carbonyl (C=O) groups excluding carboxylic acids is 2. The molecule has 0 bridgehead atoms. The molecule has 0 aliphatic carbocycles. The van der Waals surface area contributed by atoms with E-state index >= 15 is 0 Å². The standard InChI is InChI=1S/C24H19BrN2O4/c1-30-22-15-18(16-26-27-24(29)19-9-11-20(25)12-10-19)7-13-21(22)31-23(28)14-8-17-5-3-2-4-6-17/h2-16H,1H3,(H,27,29)/b14-8+,26-16+. The molecule has 0 aliphatic rings. The van der Waals surface area contributed by atoms with Crippen molar-refractivity contribution in [1.82, 2.24) is 5.43 Å². The molecule has 0 spiro atoms. The molecule has 6 nitrogen and oxygen atoms in total. The van der Waals surface area contributed by atoms with Crippen LogP contribution in [0, 0.1) is 0 Å². The van der Waals surface area contributed by atoms with E-state index in [1.54, 1.807) is 48.5 Å². The zero-order valence-electron chi connectivity index (χ0n) is 16.6. The summed E-state index contributed by atoms with van der Waals surface area (Å²) in [4.78, 5) is 24.2. The Labute approximate surface area is 188 Å². The molecule has 1 amide bonds. The number of carbonyl (C=O) groups is 2. The number of benzene rings is 3. The average Bonchev–Trinajstić information content (AvgIpc) is 2.79. The Balaban J connectivity index is 1.61. The lowest BCUT2D eigenvalue weighted by Crippen LogP contribution is -2.17. The van der Waals surface area contributed by atoms with Crippen molar-refractivity contribution in [1.29, 1.82) is 0 Å². The molecule has 0 aromatic heterocycles. The fourth-order valence-corrected chi connectivity index (χ4v) is 2.82. The quantitative estimate of drug-likeness (QED) is 0.173. The molecule has 3 rings (SSSR count). The highest BCUT2D eigenvalue weighted by Crippen LogP contribution is 2.27. The van der Waals surface area contributed by atoms with Gasteiger partial charge < -0.3 is 9.47 Å². The van der Waals surface area contributed by atoms with Crippen LogP contribution in [0.1, 0.15) is 21.5 Å². The first-order valence-electron chi connectivity index (χ1n) is 9.27. The Bertz CT molecular complexity index is 1110. The first kappa shape index (κ1) is 22.0. The van der Waals surface area contributed by atoms with Gasteiger partial charge >= 0.3 is 5.97 Å². The number of rotatable bonds is 7. The molecule has 0 unspecified atom stereocenters. The predicted octanol–water partition coefficient (Wildman–Crippen LogP) is 4.84. The van der Waals surface area contributed by atoms with Gasteiger partial charge in [0, 0.05) is 16.1 Å². The van der Waals surface area contributed by atoms with E-state index in [4.69, 9.17) is 9.47 Å². The molecular formula is C24H19BrN2O4. The third kappa shape index (κ3) is 6.65. The molecule has 156 valence electrons. The number of esters is 1. The summed E-state index contributed by atoms with van der Waals surface area (Å²) in [6.07, 6.45) is 4.49. The number of hydrogen-bond donors (Lipinski definition) is 1. The molecule has 0 atom stereocenters. The molecule has 31 heavy (non-hydrogen) atoms. The van der Waals surface area contributed by atoms with E-state index in [1.807, 2.05) is 30.3 Å². The number of nitrogens with one attached hydrogen (secondary N) is 1. The summed E-state index contributed by atoms with van der Waals surface area (Å²) >= 11 is 3.32. The minimum Gasteiger partial charge on any atom is -0.493 e. The summed E-state index contributed by atoms with van der Waals surface area (Å²) in [5.74, 6) is -0.206. The van der Waals surface area contributed by atoms with Crippen LogP contribution < -0.4 is 14.9 Å². The lowest BCUT2D eigenvalue weighted by atomic mass is 10.2. The summed E-state index contributed by atoms with van der Waals surface area (Å²) in [5, 5.41) is 3.96. The highest BCUT2D eigenvalue weighted by Gasteiger charge is 2.09. The topological polar surface area (TPSA) is 77.0 Å². The van der Waals surface area contributed by atoms with E-state index in [-0.39, 0.29) is 11.7 Å². The van der Waals surface area contributed by atoms with E-state index in [1.165, 1.54) is 19.4 Å². The number of hydrazone groups is 1. The van der Waals surface area contributed by atoms with Crippen molar-refractivity contribution in [3.8, 4) is 11.5 Å². The molecule has 3 aromatic rings. The van der Waals surface area contributed by atoms with E-state index in [0.717, 1.165) is 10.0 Å². The van der Waals surface area contributed by atoms with Gasteiger partial charge in [-0.1, -0.05) is 46.3 Å². The Hall–Kier alpha value is -3.71. The van der Waals surface area contributed by atoms with Crippen molar-refractivity contribution < 1.29 is 19.1 Å². The van der Waals surface area contributed by atoms with Gasteiger partial charge in [-0.3, -0.25) is 4.79 Å². The lowest BCUT2D eigenvalue weighted by Gasteiger charge is -2.08. The summed E-state index contributed by atoms with van der Waals surface area (Å²) in [6.45, 7) is 0. The van der Waals surface area contributed by atoms with Crippen molar-refractivity contribution in [2.45, 2.75) is 0 Å². The number of nitrogens with zero attached hydrogens (tertiary/aromatic N) is 1. The number of ether oxygens (including phenoxy) is 2. The van der Waals surface area contributed by atoms with Crippen molar-refractivity contribution in [3.63, 3.8) is 0 Å². The van der Waals surface area contributed by atoms with Crippen molar-refractivity contribution >= 4 is 40.1 Å². The van der Waals surface area contributed by atoms with Crippen LogP contribution >= 0.6 is 15.9 Å². The highest BCUT2D eigenvalue weighted by molar-refractivity contribution is 9.10. The van der Waals surface area contributed by atoms with Gasteiger partial charge in [0.2, 0.25) is 0 Å². The van der Waals surface area contributed by atoms with Gasteiger partial charge in [0.25, 0.3) is 5.91 Å². The van der Waals surface area contributed by atoms with Gasteiger partial charge in [-0.15, -0.1) is 0 Å². The Morgan fingerprint density at radius 1 is 0.935 bits per heavy atom. The van der Waals surface area contributed by atoms with Gasteiger partial charge in [0.1, 0.15) is 0 Å². The molecule has 3 aromatic carbocycles. The second-order valence-corrected chi connectivity index (χ2v) is 7.20. The molecule has 0 saturated heterocycles. The van der Waals surface area contributed by atoms with Crippen molar-refractivity contribution in [3.05, 3.63) is 100 Å². The molecule has 0 fully saturated rings. The van der Waals surface area contributed by atoms with Gasteiger partial charge in [-0.25, -0.2) is 10.2 Å². The zero-order valence-corrected chi connectivity index (χ0v) is 18.2. The Morgan fingerprint density at radius 2 is 1.68 bits per heavy atom. The SMILES string of the molecule is COc1cc(/C=N/NC(=O)c2ccc(Br)cc2)ccc1OC(=O)/C=C/c1ccccc1. The lowest BCUT2D eigenvalue weighted by molar-refractivity contribution is -0.129.